The van der Waals surface area contributed by atoms with E-state index in [1.807, 2.05) is 12.1 Å². The number of piperidine rings is 1. The molecule has 5 nitrogen and oxygen atoms in total. The number of nitrogen functional groups attached to an aromatic ring is 1. The van der Waals surface area contributed by atoms with Crippen molar-refractivity contribution < 1.29 is 4.74 Å². The number of hydrogen-bond donors (Lipinski definition) is 1. The SMILES string of the molecule is CCCOc1cc(N)ccc1N1CCC(N2CCN(C)CC2)CC1. The molecule has 0 aliphatic carbocycles. The first kappa shape index (κ1) is 17.4. The topological polar surface area (TPSA) is 45.0 Å². The summed E-state index contributed by atoms with van der Waals surface area (Å²) in [6, 6.07) is 6.82. The molecule has 0 bridgehead atoms. The van der Waals surface area contributed by atoms with Crippen LogP contribution in [-0.2, 0) is 0 Å². The van der Waals surface area contributed by atoms with Gasteiger partial charge < -0.3 is 20.3 Å². The van der Waals surface area contributed by atoms with Crippen LogP contribution in [-0.4, -0.2) is 68.8 Å². The molecule has 2 aliphatic rings. The van der Waals surface area contributed by atoms with Gasteiger partial charge in [-0.1, -0.05) is 6.92 Å². The highest BCUT2D eigenvalue weighted by atomic mass is 16.5. The minimum atomic E-state index is 0.740. The molecule has 0 aromatic heterocycles. The third-order valence-corrected chi connectivity index (χ3v) is 5.30. The molecule has 1 aromatic rings. The summed E-state index contributed by atoms with van der Waals surface area (Å²) in [5, 5.41) is 0. The monoisotopic (exact) mass is 332 g/mol. The summed E-state index contributed by atoms with van der Waals surface area (Å²) in [6.07, 6.45) is 3.49. The molecule has 0 unspecified atom stereocenters. The summed E-state index contributed by atoms with van der Waals surface area (Å²) in [7, 11) is 2.22. The zero-order valence-corrected chi connectivity index (χ0v) is 15.2. The fourth-order valence-electron chi connectivity index (χ4n) is 3.78. The zero-order chi connectivity index (χ0) is 16.9. The van der Waals surface area contributed by atoms with Crippen molar-refractivity contribution in [1.29, 1.82) is 0 Å². The highest BCUT2D eigenvalue weighted by Gasteiger charge is 2.27. The molecule has 0 spiro atoms. The predicted molar refractivity (Wildman–Crippen MR) is 101 cm³/mol. The normalized spacial score (nSPS) is 21.2. The van der Waals surface area contributed by atoms with E-state index in [0.717, 1.165) is 43.6 Å². The third-order valence-electron chi connectivity index (χ3n) is 5.30. The Labute approximate surface area is 146 Å². The number of ether oxygens (including phenoxy) is 1. The van der Waals surface area contributed by atoms with Crippen LogP contribution in [0.2, 0.25) is 0 Å². The molecule has 2 fully saturated rings. The fourth-order valence-corrected chi connectivity index (χ4v) is 3.78. The molecule has 24 heavy (non-hydrogen) atoms. The second-order valence-corrected chi connectivity index (χ2v) is 7.13. The predicted octanol–water partition coefficient (Wildman–Crippen LogP) is 2.27. The molecule has 0 radical (unpaired) electrons. The van der Waals surface area contributed by atoms with Gasteiger partial charge in [0.15, 0.2) is 0 Å². The fraction of sp³-hybridized carbons (Fsp3) is 0.684. The van der Waals surface area contributed by atoms with E-state index in [1.54, 1.807) is 0 Å². The molecule has 2 saturated heterocycles. The zero-order valence-electron chi connectivity index (χ0n) is 15.2. The second-order valence-electron chi connectivity index (χ2n) is 7.13. The van der Waals surface area contributed by atoms with Crippen LogP contribution in [0.5, 0.6) is 5.75 Å². The van der Waals surface area contributed by atoms with Crippen LogP contribution in [0.25, 0.3) is 0 Å². The minimum Gasteiger partial charge on any atom is -0.491 e. The van der Waals surface area contributed by atoms with Gasteiger partial charge in [0.05, 0.1) is 12.3 Å². The molecule has 0 saturated carbocycles. The first-order valence-electron chi connectivity index (χ1n) is 9.37. The van der Waals surface area contributed by atoms with Crippen LogP contribution in [0.1, 0.15) is 26.2 Å². The van der Waals surface area contributed by atoms with Gasteiger partial charge in [-0.15, -0.1) is 0 Å². The second kappa shape index (κ2) is 8.08. The molecule has 0 amide bonds. The maximum Gasteiger partial charge on any atom is 0.144 e. The highest BCUT2D eigenvalue weighted by Crippen LogP contribution is 2.33. The van der Waals surface area contributed by atoms with Gasteiger partial charge in [0, 0.05) is 57.1 Å². The Hall–Kier alpha value is -1.46. The largest absolute Gasteiger partial charge is 0.491 e. The van der Waals surface area contributed by atoms with Crippen molar-refractivity contribution in [2.24, 2.45) is 0 Å². The van der Waals surface area contributed by atoms with E-state index in [0.29, 0.717) is 0 Å². The molecule has 134 valence electrons. The summed E-state index contributed by atoms with van der Waals surface area (Å²) in [4.78, 5) is 7.59. The van der Waals surface area contributed by atoms with E-state index >= 15 is 0 Å². The highest BCUT2D eigenvalue weighted by molar-refractivity contribution is 5.64. The lowest BCUT2D eigenvalue weighted by atomic mass is 10.0. The molecule has 2 aliphatic heterocycles. The van der Waals surface area contributed by atoms with Gasteiger partial charge in [-0.3, -0.25) is 4.90 Å². The lowest BCUT2D eigenvalue weighted by Crippen LogP contribution is -2.52. The van der Waals surface area contributed by atoms with E-state index in [-0.39, 0.29) is 0 Å². The number of rotatable bonds is 5. The van der Waals surface area contributed by atoms with Crippen molar-refractivity contribution in [2.75, 3.05) is 63.6 Å². The summed E-state index contributed by atoms with van der Waals surface area (Å²) >= 11 is 0. The third kappa shape index (κ3) is 4.14. The summed E-state index contributed by atoms with van der Waals surface area (Å²) in [6.45, 7) is 9.91. The van der Waals surface area contributed by atoms with Crippen molar-refractivity contribution in [3.8, 4) is 5.75 Å². The van der Waals surface area contributed by atoms with Gasteiger partial charge in [-0.2, -0.15) is 0 Å². The van der Waals surface area contributed by atoms with E-state index in [2.05, 4.69) is 34.7 Å². The van der Waals surface area contributed by atoms with Gasteiger partial charge in [-0.05, 0) is 38.4 Å². The quantitative estimate of drug-likeness (QED) is 0.838. The van der Waals surface area contributed by atoms with E-state index in [4.69, 9.17) is 10.5 Å². The number of anilines is 2. The maximum absolute atomic E-state index is 5.95. The Bertz CT molecular complexity index is 520. The van der Waals surface area contributed by atoms with Gasteiger partial charge in [0.1, 0.15) is 5.75 Å². The minimum absolute atomic E-state index is 0.740. The van der Waals surface area contributed by atoms with Crippen LogP contribution >= 0.6 is 0 Å². The van der Waals surface area contributed by atoms with Crippen LogP contribution in [0, 0.1) is 0 Å². The van der Waals surface area contributed by atoms with Crippen LogP contribution in [0.3, 0.4) is 0 Å². The number of hydrogen-bond acceptors (Lipinski definition) is 5. The Kier molecular flexibility index (Phi) is 5.85. The van der Waals surface area contributed by atoms with Crippen molar-refractivity contribution in [1.82, 2.24) is 9.80 Å². The Balaban J connectivity index is 1.60. The van der Waals surface area contributed by atoms with Gasteiger partial charge in [-0.25, -0.2) is 0 Å². The number of likely N-dealkylation sites (N-methyl/N-ethyl adjacent to an activating group) is 1. The van der Waals surface area contributed by atoms with Crippen LogP contribution in [0.15, 0.2) is 18.2 Å². The van der Waals surface area contributed by atoms with Crippen molar-refractivity contribution >= 4 is 11.4 Å². The van der Waals surface area contributed by atoms with Gasteiger partial charge >= 0.3 is 0 Å². The van der Waals surface area contributed by atoms with Crippen molar-refractivity contribution in [2.45, 2.75) is 32.2 Å². The standard InChI is InChI=1S/C19H32N4O/c1-3-14-24-19-15-16(20)4-5-18(19)23-8-6-17(7-9-23)22-12-10-21(2)11-13-22/h4-5,15,17H,3,6-14,20H2,1-2H3. The van der Waals surface area contributed by atoms with Gasteiger partial charge in [0.25, 0.3) is 0 Å². The summed E-state index contributed by atoms with van der Waals surface area (Å²) < 4.78 is 5.94. The maximum atomic E-state index is 5.95. The van der Waals surface area contributed by atoms with E-state index in [9.17, 15) is 0 Å². The molecular formula is C19H32N4O. The molecular weight excluding hydrogens is 300 g/mol. The summed E-state index contributed by atoms with van der Waals surface area (Å²) in [5.41, 5.74) is 7.93. The summed E-state index contributed by atoms with van der Waals surface area (Å²) in [5.74, 6) is 0.940. The number of piperazine rings is 1. The Morgan fingerprint density at radius 3 is 2.46 bits per heavy atom. The van der Waals surface area contributed by atoms with Crippen molar-refractivity contribution in [3.63, 3.8) is 0 Å². The molecule has 2 N–H and O–H groups in total. The first-order chi connectivity index (χ1) is 11.7. The molecule has 0 atom stereocenters. The first-order valence-corrected chi connectivity index (χ1v) is 9.37. The smallest absolute Gasteiger partial charge is 0.144 e. The van der Waals surface area contributed by atoms with Crippen molar-refractivity contribution in [3.05, 3.63) is 18.2 Å². The average Bonchev–Trinajstić information content (AvgIpc) is 2.61. The van der Waals surface area contributed by atoms with Crippen LogP contribution < -0.4 is 15.4 Å². The Morgan fingerprint density at radius 1 is 1.08 bits per heavy atom. The number of benzene rings is 1. The van der Waals surface area contributed by atoms with E-state index in [1.165, 1.54) is 44.7 Å². The lowest BCUT2D eigenvalue weighted by Gasteiger charge is -2.42. The van der Waals surface area contributed by atoms with E-state index < -0.39 is 0 Å². The molecule has 5 heteroatoms. The lowest BCUT2D eigenvalue weighted by molar-refractivity contribution is 0.0981. The number of nitrogens with two attached hydrogens (primary N) is 1. The van der Waals surface area contributed by atoms with Gasteiger partial charge in [0.2, 0.25) is 0 Å². The molecule has 2 heterocycles. The number of nitrogens with zero attached hydrogens (tertiary/aromatic N) is 3. The molecule has 1 aromatic carbocycles. The Morgan fingerprint density at radius 2 is 1.79 bits per heavy atom. The van der Waals surface area contributed by atoms with Crippen LogP contribution in [0.4, 0.5) is 11.4 Å². The molecule has 3 rings (SSSR count). The average molecular weight is 332 g/mol.